The zero-order valence-corrected chi connectivity index (χ0v) is 21.4. The third kappa shape index (κ3) is 6.00. The number of amides is 2. The second-order valence-corrected chi connectivity index (χ2v) is 10.7. The molecular formula is C27H34N2O6S. The summed E-state index contributed by atoms with van der Waals surface area (Å²) in [7, 11) is 0. The van der Waals surface area contributed by atoms with E-state index in [9.17, 15) is 19.5 Å². The highest BCUT2D eigenvalue weighted by molar-refractivity contribution is 7.18. The van der Waals surface area contributed by atoms with Crippen LogP contribution in [0.5, 0.6) is 5.75 Å². The van der Waals surface area contributed by atoms with Crippen molar-refractivity contribution in [3.05, 3.63) is 34.7 Å². The van der Waals surface area contributed by atoms with E-state index in [1.807, 2.05) is 29.2 Å². The summed E-state index contributed by atoms with van der Waals surface area (Å²) in [5, 5.41) is 22.0. The van der Waals surface area contributed by atoms with Gasteiger partial charge in [-0.2, -0.15) is 0 Å². The molecule has 1 aromatic carbocycles. The Morgan fingerprint density at radius 3 is 2.33 bits per heavy atom. The average molecular weight is 515 g/mol. The van der Waals surface area contributed by atoms with Gasteiger partial charge in [0.1, 0.15) is 5.75 Å². The van der Waals surface area contributed by atoms with Gasteiger partial charge < -0.3 is 20.3 Å². The number of benzene rings is 1. The topological polar surface area (TPSA) is 116 Å². The Kier molecular flexibility index (Phi) is 8.51. The normalized spacial score (nSPS) is 16.9. The number of carboxylic acids is 2. The molecule has 2 saturated carbocycles. The Balaban J connectivity index is 1.67. The Bertz CT molecular complexity index is 1100. The van der Waals surface area contributed by atoms with Crippen LogP contribution in [0.15, 0.2) is 24.3 Å². The number of nitrogens with one attached hydrogen (secondary N) is 1. The summed E-state index contributed by atoms with van der Waals surface area (Å²) in [6, 6.07) is 7.88. The second-order valence-electron chi connectivity index (χ2n) is 9.70. The summed E-state index contributed by atoms with van der Waals surface area (Å²) in [5.74, 6) is -2.26. The van der Waals surface area contributed by atoms with Gasteiger partial charge in [0.2, 0.25) is 0 Å². The number of carbonyl (C=O) groups excluding carboxylic acids is 1. The molecule has 2 fully saturated rings. The lowest BCUT2D eigenvalue weighted by molar-refractivity contribution is -0.139. The summed E-state index contributed by atoms with van der Waals surface area (Å²) in [5.41, 5.74) is 2.13. The monoisotopic (exact) mass is 514 g/mol. The molecule has 2 amide bonds. The van der Waals surface area contributed by atoms with Gasteiger partial charge in [0, 0.05) is 28.2 Å². The molecule has 2 aromatic rings. The lowest BCUT2D eigenvalue weighted by Crippen LogP contribution is -2.50. The molecule has 36 heavy (non-hydrogen) atoms. The highest BCUT2D eigenvalue weighted by Gasteiger charge is 2.30. The van der Waals surface area contributed by atoms with Crippen LogP contribution in [0.25, 0.3) is 10.4 Å². The minimum absolute atomic E-state index is 0.0340. The molecule has 194 valence electrons. The van der Waals surface area contributed by atoms with Crippen LogP contribution in [-0.2, 0) is 4.79 Å². The van der Waals surface area contributed by atoms with Gasteiger partial charge in [0.15, 0.2) is 11.5 Å². The zero-order valence-electron chi connectivity index (χ0n) is 20.6. The van der Waals surface area contributed by atoms with Crippen molar-refractivity contribution >= 4 is 35.0 Å². The number of thiophene rings is 1. The first kappa shape index (κ1) is 26.0. The lowest BCUT2D eigenvalue weighted by atomic mass is 9.93. The van der Waals surface area contributed by atoms with E-state index in [4.69, 9.17) is 9.84 Å². The molecule has 9 heteroatoms. The third-order valence-electron chi connectivity index (χ3n) is 7.10. The van der Waals surface area contributed by atoms with Crippen molar-refractivity contribution in [3.8, 4) is 16.2 Å². The summed E-state index contributed by atoms with van der Waals surface area (Å²) >= 11 is 1.06. The summed E-state index contributed by atoms with van der Waals surface area (Å²) in [6.45, 7) is 1.12. The maximum atomic E-state index is 13.6. The first-order chi connectivity index (χ1) is 17.3. The number of ether oxygens (including phenoxy) is 1. The molecule has 0 spiro atoms. The van der Waals surface area contributed by atoms with Gasteiger partial charge in [0.25, 0.3) is 0 Å². The molecule has 0 unspecified atom stereocenters. The predicted octanol–water partition coefficient (Wildman–Crippen LogP) is 6.07. The van der Waals surface area contributed by atoms with Crippen LogP contribution < -0.4 is 15.0 Å². The zero-order chi connectivity index (χ0) is 25.7. The largest absolute Gasteiger partial charge is 0.480 e. The van der Waals surface area contributed by atoms with Crippen LogP contribution >= 0.6 is 11.3 Å². The van der Waals surface area contributed by atoms with Crippen molar-refractivity contribution in [1.82, 2.24) is 5.32 Å². The highest BCUT2D eigenvalue weighted by Crippen LogP contribution is 2.42. The number of nitrogens with zero attached hydrogens (tertiary/aromatic N) is 1. The number of rotatable bonds is 8. The van der Waals surface area contributed by atoms with Crippen molar-refractivity contribution in [1.29, 1.82) is 0 Å². The predicted molar refractivity (Wildman–Crippen MR) is 139 cm³/mol. The molecular weight excluding hydrogens is 480 g/mol. The highest BCUT2D eigenvalue weighted by atomic mass is 32.1. The number of carboxylic acid groups (broad SMARTS) is 2. The standard InChI is InChI=1S/C27H34N2O6S/c1-17-23(35-16-22(30)31)25(26(32)33)36-24(17)18-9-8-14-21(15-18)29(20-12-6-3-7-13-20)27(34)28-19-10-4-2-5-11-19/h8-9,14-15,19-20H,2-7,10-13,16H2,1H3,(H,28,34)(H,30,31)(H,32,33). The van der Waals surface area contributed by atoms with E-state index in [0.717, 1.165) is 74.0 Å². The van der Waals surface area contributed by atoms with Crippen molar-refractivity contribution in [2.75, 3.05) is 11.5 Å². The molecule has 2 aliphatic carbocycles. The minimum atomic E-state index is -1.17. The lowest BCUT2D eigenvalue weighted by Gasteiger charge is -2.36. The Labute approximate surface area is 215 Å². The molecule has 8 nitrogen and oxygen atoms in total. The number of carbonyl (C=O) groups is 3. The molecule has 2 aliphatic rings. The van der Waals surface area contributed by atoms with Crippen LogP contribution in [0.2, 0.25) is 0 Å². The van der Waals surface area contributed by atoms with E-state index in [1.54, 1.807) is 6.92 Å². The number of hydrogen-bond donors (Lipinski definition) is 3. The number of anilines is 1. The molecule has 4 rings (SSSR count). The maximum Gasteiger partial charge on any atom is 0.349 e. The van der Waals surface area contributed by atoms with Crippen molar-refractivity contribution in [2.24, 2.45) is 0 Å². The van der Waals surface area contributed by atoms with Crippen LogP contribution in [0, 0.1) is 6.92 Å². The van der Waals surface area contributed by atoms with Gasteiger partial charge in [-0.3, -0.25) is 4.90 Å². The molecule has 0 saturated heterocycles. The number of urea groups is 1. The first-order valence-electron chi connectivity index (χ1n) is 12.8. The van der Waals surface area contributed by atoms with Gasteiger partial charge in [-0.1, -0.05) is 50.7 Å². The molecule has 0 bridgehead atoms. The van der Waals surface area contributed by atoms with Crippen LogP contribution in [0.1, 0.15) is 79.4 Å². The van der Waals surface area contributed by atoms with Crippen molar-refractivity contribution in [3.63, 3.8) is 0 Å². The Hall–Kier alpha value is -3.07. The van der Waals surface area contributed by atoms with Gasteiger partial charge in [-0.05, 0) is 50.3 Å². The molecule has 0 atom stereocenters. The number of hydrogen-bond acceptors (Lipinski definition) is 5. The number of aliphatic carboxylic acids is 1. The molecule has 0 aliphatic heterocycles. The summed E-state index contributed by atoms with van der Waals surface area (Å²) in [4.78, 5) is 39.0. The van der Waals surface area contributed by atoms with E-state index in [2.05, 4.69) is 5.32 Å². The average Bonchev–Trinajstić information content (AvgIpc) is 3.21. The maximum absolute atomic E-state index is 13.6. The fourth-order valence-corrected chi connectivity index (χ4v) is 6.43. The summed E-state index contributed by atoms with van der Waals surface area (Å²) < 4.78 is 5.34. The molecule has 3 N–H and O–H groups in total. The fourth-order valence-electron chi connectivity index (χ4n) is 5.34. The second kappa shape index (κ2) is 11.8. The van der Waals surface area contributed by atoms with Crippen molar-refractivity contribution < 1.29 is 29.3 Å². The van der Waals surface area contributed by atoms with Gasteiger partial charge >= 0.3 is 18.0 Å². The van der Waals surface area contributed by atoms with Gasteiger partial charge in [0.05, 0.1) is 0 Å². The van der Waals surface area contributed by atoms with Crippen LogP contribution in [0.3, 0.4) is 0 Å². The van der Waals surface area contributed by atoms with E-state index < -0.39 is 18.5 Å². The number of aromatic carboxylic acids is 1. The van der Waals surface area contributed by atoms with Gasteiger partial charge in [-0.25, -0.2) is 14.4 Å². The van der Waals surface area contributed by atoms with Crippen molar-refractivity contribution in [2.45, 2.75) is 83.2 Å². The fraction of sp³-hybridized carbons (Fsp3) is 0.519. The molecule has 0 radical (unpaired) electrons. The quantitative estimate of drug-likeness (QED) is 0.394. The van der Waals surface area contributed by atoms with E-state index >= 15 is 0 Å². The van der Waals surface area contributed by atoms with Gasteiger partial charge in [-0.15, -0.1) is 11.3 Å². The molecule has 1 aromatic heterocycles. The Morgan fingerprint density at radius 1 is 1.03 bits per heavy atom. The van der Waals surface area contributed by atoms with E-state index in [0.29, 0.717) is 10.4 Å². The Morgan fingerprint density at radius 2 is 1.69 bits per heavy atom. The minimum Gasteiger partial charge on any atom is -0.480 e. The van der Waals surface area contributed by atoms with E-state index in [1.165, 1.54) is 12.8 Å². The van der Waals surface area contributed by atoms with Crippen LogP contribution in [-0.4, -0.2) is 46.9 Å². The van der Waals surface area contributed by atoms with Crippen LogP contribution in [0.4, 0.5) is 10.5 Å². The smallest absolute Gasteiger partial charge is 0.349 e. The first-order valence-corrected chi connectivity index (χ1v) is 13.6. The van der Waals surface area contributed by atoms with E-state index in [-0.39, 0.29) is 28.7 Å². The summed E-state index contributed by atoms with van der Waals surface area (Å²) in [6.07, 6.45) is 10.8. The third-order valence-corrected chi connectivity index (χ3v) is 8.41. The molecule has 1 heterocycles. The SMILES string of the molecule is Cc1c(-c2cccc(N(C(=O)NC3CCCCC3)C3CCCCC3)c2)sc(C(=O)O)c1OCC(=O)O.